The lowest BCUT2D eigenvalue weighted by Crippen LogP contribution is -2.23. The van der Waals surface area contributed by atoms with Crippen molar-refractivity contribution in [2.24, 2.45) is 5.92 Å². The SMILES string of the molecule is CC(CCOc1ccccc1)C(=O)Nc1ccccc1CC(=O)O. The van der Waals surface area contributed by atoms with Crippen LogP contribution in [0.5, 0.6) is 5.75 Å². The third-order valence-corrected chi connectivity index (χ3v) is 3.63. The summed E-state index contributed by atoms with van der Waals surface area (Å²) in [5.41, 5.74) is 1.13. The number of amides is 1. The minimum Gasteiger partial charge on any atom is -0.494 e. The molecule has 0 bridgehead atoms. The fraction of sp³-hybridized carbons (Fsp3) is 0.263. The summed E-state index contributed by atoms with van der Waals surface area (Å²) >= 11 is 0. The van der Waals surface area contributed by atoms with Crippen LogP contribution in [0.1, 0.15) is 18.9 Å². The summed E-state index contributed by atoms with van der Waals surface area (Å²) < 4.78 is 5.60. The number of aliphatic carboxylic acids is 1. The van der Waals surface area contributed by atoms with Crippen molar-refractivity contribution in [2.45, 2.75) is 19.8 Å². The lowest BCUT2D eigenvalue weighted by Gasteiger charge is -2.15. The van der Waals surface area contributed by atoms with E-state index in [4.69, 9.17) is 9.84 Å². The number of benzene rings is 2. The maximum Gasteiger partial charge on any atom is 0.307 e. The second-order valence-corrected chi connectivity index (χ2v) is 5.57. The van der Waals surface area contributed by atoms with Crippen molar-refractivity contribution in [1.29, 1.82) is 0 Å². The van der Waals surface area contributed by atoms with Crippen molar-refractivity contribution in [1.82, 2.24) is 0 Å². The van der Waals surface area contributed by atoms with Crippen LogP contribution < -0.4 is 10.1 Å². The van der Waals surface area contributed by atoms with E-state index in [2.05, 4.69) is 5.32 Å². The average Bonchev–Trinajstić information content (AvgIpc) is 2.57. The topological polar surface area (TPSA) is 75.6 Å². The Morgan fingerprint density at radius 1 is 1.08 bits per heavy atom. The number of hydrogen-bond donors (Lipinski definition) is 2. The highest BCUT2D eigenvalue weighted by molar-refractivity contribution is 5.93. The molecule has 1 unspecified atom stereocenters. The Hall–Kier alpha value is -2.82. The highest BCUT2D eigenvalue weighted by Gasteiger charge is 2.15. The Morgan fingerprint density at radius 2 is 1.75 bits per heavy atom. The normalized spacial score (nSPS) is 11.5. The van der Waals surface area contributed by atoms with Gasteiger partial charge in [-0.15, -0.1) is 0 Å². The molecule has 0 aliphatic carbocycles. The van der Waals surface area contributed by atoms with E-state index in [0.717, 1.165) is 5.75 Å². The summed E-state index contributed by atoms with van der Waals surface area (Å²) in [7, 11) is 0. The molecule has 126 valence electrons. The largest absolute Gasteiger partial charge is 0.494 e. The second-order valence-electron chi connectivity index (χ2n) is 5.57. The molecule has 2 rings (SSSR count). The van der Waals surface area contributed by atoms with Gasteiger partial charge in [-0.05, 0) is 30.2 Å². The van der Waals surface area contributed by atoms with Crippen LogP contribution in [0.2, 0.25) is 0 Å². The standard InChI is InChI=1S/C19H21NO4/c1-14(11-12-24-16-8-3-2-4-9-16)19(23)20-17-10-6-5-7-15(17)13-18(21)22/h2-10,14H,11-13H2,1H3,(H,20,23)(H,21,22). The molecule has 0 aromatic heterocycles. The van der Waals surface area contributed by atoms with Crippen LogP contribution in [-0.4, -0.2) is 23.6 Å². The molecule has 2 aromatic carbocycles. The van der Waals surface area contributed by atoms with Gasteiger partial charge in [-0.25, -0.2) is 0 Å². The van der Waals surface area contributed by atoms with E-state index in [1.165, 1.54) is 0 Å². The van der Waals surface area contributed by atoms with Crippen LogP contribution in [0.3, 0.4) is 0 Å². The zero-order valence-electron chi connectivity index (χ0n) is 13.6. The molecule has 1 atom stereocenters. The first-order valence-electron chi connectivity index (χ1n) is 7.84. The molecule has 2 N–H and O–H groups in total. The quantitative estimate of drug-likeness (QED) is 0.779. The van der Waals surface area contributed by atoms with Gasteiger partial charge in [0.15, 0.2) is 0 Å². The molecule has 0 saturated carbocycles. The lowest BCUT2D eigenvalue weighted by atomic mass is 10.1. The third kappa shape index (κ3) is 5.43. The number of carbonyl (C=O) groups excluding carboxylic acids is 1. The van der Waals surface area contributed by atoms with Gasteiger partial charge in [0, 0.05) is 11.6 Å². The van der Waals surface area contributed by atoms with Crippen molar-refractivity contribution in [3.05, 3.63) is 60.2 Å². The van der Waals surface area contributed by atoms with Gasteiger partial charge in [0.2, 0.25) is 5.91 Å². The first kappa shape index (κ1) is 17.5. The highest BCUT2D eigenvalue weighted by atomic mass is 16.5. The molecule has 0 saturated heterocycles. The van der Waals surface area contributed by atoms with E-state index in [-0.39, 0.29) is 18.2 Å². The second kappa shape index (κ2) is 8.72. The van der Waals surface area contributed by atoms with Gasteiger partial charge in [-0.3, -0.25) is 9.59 Å². The summed E-state index contributed by atoms with van der Waals surface area (Å²) in [5.74, 6) is -0.547. The maximum absolute atomic E-state index is 12.3. The molecular formula is C19H21NO4. The Kier molecular flexibility index (Phi) is 6.37. The Morgan fingerprint density at radius 3 is 2.46 bits per heavy atom. The first-order chi connectivity index (χ1) is 11.6. The monoisotopic (exact) mass is 327 g/mol. The first-order valence-corrected chi connectivity index (χ1v) is 7.84. The summed E-state index contributed by atoms with van der Waals surface area (Å²) in [5, 5.41) is 11.7. The average molecular weight is 327 g/mol. The minimum atomic E-state index is -0.930. The molecule has 5 nitrogen and oxygen atoms in total. The predicted octanol–water partition coefficient (Wildman–Crippen LogP) is 3.36. The molecule has 24 heavy (non-hydrogen) atoms. The van der Waals surface area contributed by atoms with Gasteiger partial charge in [0.05, 0.1) is 13.0 Å². The number of para-hydroxylation sites is 2. The van der Waals surface area contributed by atoms with E-state index >= 15 is 0 Å². The predicted molar refractivity (Wildman–Crippen MR) is 92.1 cm³/mol. The molecule has 0 aliphatic heterocycles. The van der Waals surface area contributed by atoms with Crippen molar-refractivity contribution < 1.29 is 19.4 Å². The van der Waals surface area contributed by atoms with Crippen LogP contribution in [0.4, 0.5) is 5.69 Å². The summed E-state index contributed by atoms with van der Waals surface area (Å²) in [4.78, 5) is 23.2. The lowest BCUT2D eigenvalue weighted by molar-refractivity contribution is -0.136. The number of carboxylic acids is 1. The Labute approximate surface area is 141 Å². The van der Waals surface area contributed by atoms with Crippen LogP contribution in [0.25, 0.3) is 0 Å². The fourth-order valence-electron chi connectivity index (χ4n) is 2.22. The molecule has 0 aliphatic rings. The fourth-order valence-corrected chi connectivity index (χ4v) is 2.22. The molecule has 5 heteroatoms. The molecule has 0 radical (unpaired) electrons. The molecule has 0 fully saturated rings. The van der Waals surface area contributed by atoms with Crippen molar-refractivity contribution >= 4 is 17.6 Å². The van der Waals surface area contributed by atoms with E-state index < -0.39 is 5.97 Å². The van der Waals surface area contributed by atoms with Gasteiger partial charge in [-0.1, -0.05) is 43.3 Å². The Bertz CT molecular complexity index is 685. The van der Waals surface area contributed by atoms with Crippen LogP contribution >= 0.6 is 0 Å². The molecule has 1 amide bonds. The zero-order valence-corrected chi connectivity index (χ0v) is 13.6. The smallest absolute Gasteiger partial charge is 0.307 e. The van der Waals surface area contributed by atoms with E-state index in [0.29, 0.717) is 24.3 Å². The number of rotatable bonds is 8. The number of hydrogen-bond acceptors (Lipinski definition) is 3. The molecule has 0 heterocycles. The maximum atomic E-state index is 12.3. The summed E-state index contributed by atoms with van der Waals surface area (Å²) in [6, 6.07) is 16.4. The molecular weight excluding hydrogens is 306 g/mol. The van der Waals surface area contributed by atoms with E-state index in [1.54, 1.807) is 24.3 Å². The van der Waals surface area contributed by atoms with Gasteiger partial charge in [0.1, 0.15) is 5.75 Å². The van der Waals surface area contributed by atoms with Gasteiger partial charge in [0.25, 0.3) is 0 Å². The zero-order chi connectivity index (χ0) is 17.4. The highest BCUT2D eigenvalue weighted by Crippen LogP contribution is 2.18. The van der Waals surface area contributed by atoms with Crippen molar-refractivity contribution in [3.63, 3.8) is 0 Å². The van der Waals surface area contributed by atoms with Gasteiger partial charge in [-0.2, -0.15) is 0 Å². The third-order valence-electron chi connectivity index (χ3n) is 3.63. The Balaban J connectivity index is 1.86. The van der Waals surface area contributed by atoms with Crippen LogP contribution in [-0.2, 0) is 16.0 Å². The number of carbonyl (C=O) groups is 2. The van der Waals surface area contributed by atoms with E-state index in [1.807, 2.05) is 37.3 Å². The van der Waals surface area contributed by atoms with Crippen LogP contribution in [0.15, 0.2) is 54.6 Å². The molecule has 2 aromatic rings. The van der Waals surface area contributed by atoms with E-state index in [9.17, 15) is 9.59 Å². The van der Waals surface area contributed by atoms with Crippen molar-refractivity contribution in [3.8, 4) is 5.75 Å². The number of carboxylic acid groups (broad SMARTS) is 1. The minimum absolute atomic E-state index is 0.123. The van der Waals surface area contributed by atoms with Gasteiger partial charge >= 0.3 is 5.97 Å². The number of ether oxygens (including phenoxy) is 1. The van der Waals surface area contributed by atoms with Crippen LogP contribution in [0, 0.1) is 5.92 Å². The molecule has 0 spiro atoms. The summed E-state index contributed by atoms with van der Waals surface area (Å²) in [6.45, 7) is 2.26. The number of anilines is 1. The summed E-state index contributed by atoms with van der Waals surface area (Å²) in [6.07, 6.45) is 0.448. The van der Waals surface area contributed by atoms with Gasteiger partial charge < -0.3 is 15.2 Å². The van der Waals surface area contributed by atoms with Crippen molar-refractivity contribution in [2.75, 3.05) is 11.9 Å². The number of nitrogens with one attached hydrogen (secondary N) is 1.